The maximum Gasteiger partial charge on any atom is 0.123 e. The molecule has 2 rings (SSSR count). The molecule has 0 aliphatic heterocycles. The first-order valence-electron chi connectivity index (χ1n) is 6.91. The van der Waals surface area contributed by atoms with Gasteiger partial charge in [-0.05, 0) is 37.1 Å². The van der Waals surface area contributed by atoms with Crippen LogP contribution in [-0.2, 0) is 6.42 Å². The normalized spacial score (nSPS) is 12.0. The van der Waals surface area contributed by atoms with Crippen molar-refractivity contribution in [3.63, 3.8) is 0 Å². The van der Waals surface area contributed by atoms with Gasteiger partial charge in [0.1, 0.15) is 11.5 Å². The van der Waals surface area contributed by atoms with Gasteiger partial charge in [-0.1, -0.05) is 29.8 Å². The molecule has 0 radical (unpaired) electrons. The molecule has 0 saturated carbocycles. The van der Waals surface area contributed by atoms with Crippen LogP contribution >= 0.6 is 0 Å². The maximum absolute atomic E-state index is 5.76. The molecule has 0 fully saturated rings. The van der Waals surface area contributed by atoms with E-state index in [-0.39, 0.29) is 6.04 Å². The van der Waals surface area contributed by atoms with Crippen molar-refractivity contribution in [3.05, 3.63) is 59.2 Å². The summed E-state index contributed by atoms with van der Waals surface area (Å²) in [6.07, 6.45) is 0.779. The molecule has 0 heterocycles. The molecule has 3 N–H and O–H groups in total. The van der Waals surface area contributed by atoms with E-state index in [2.05, 4.69) is 36.6 Å². The second kappa shape index (κ2) is 7.11. The first kappa shape index (κ1) is 15.4. The largest absolute Gasteiger partial charge is 0.497 e. The minimum absolute atomic E-state index is 0.0446. The molecular formula is C17H22N2O2. The van der Waals surface area contributed by atoms with Crippen molar-refractivity contribution >= 4 is 0 Å². The highest BCUT2D eigenvalue weighted by atomic mass is 16.5. The fraction of sp³-hybridized carbons (Fsp3) is 0.294. The van der Waals surface area contributed by atoms with Crippen LogP contribution in [0.3, 0.4) is 0 Å². The molecule has 1 atom stereocenters. The standard InChI is InChI=1S/C17H22N2O2/c1-12-5-4-6-13(9-12)10-16(19-18)15-11-14(20-2)7-8-17(15)21-3/h4-9,11,16,19H,10,18H2,1-3H3. The summed E-state index contributed by atoms with van der Waals surface area (Å²) in [7, 11) is 3.31. The number of hydrogen-bond donors (Lipinski definition) is 2. The Morgan fingerprint density at radius 1 is 1.10 bits per heavy atom. The van der Waals surface area contributed by atoms with Gasteiger partial charge in [-0.2, -0.15) is 0 Å². The Labute approximate surface area is 125 Å². The third-order valence-corrected chi connectivity index (χ3v) is 3.54. The molecule has 0 aromatic heterocycles. The summed E-state index contributed by atoms with van der Waals surface area (Å²) >= 11 is 0. The molecule has 0 bridgehead atoms. The van der Waals surface area contributed by atoms with Gasteiger partial charge in [-0.15, -0.1) is 0 Å². The summed E-state index contributed by atoms with van der Waals surface area (Å²) < 4.78 is 10.7. The van der Waals surface area contributed by atoms with Gasteiger partial charge in [-0.3, -0.25) is 11.3 Å². The monoisotopic (exact) mass is 286 g/mol. The van der Waals surface area contributed by atoms with Crippen molar-refractivity contribution < 1.29 is 9.47 Å². The fourth-order valence-electron chi connectivity index (χ4n) is 2.45. The van der Waals surface area contributed by atoms with E-state index >= 15 is 0 Å². The first-order chi connectivity index (χ1) is 10.2. The fourth-order valence-corrected chi connectivity index (χ4v) is 2.45. The van der Waals surface area contributed by atoms with E-state index in [1.54, 1.807) is 14.2 Å². The van der Waals surface area contributed by atoms with Crippen molar-refractivity contribution in [2.24, 2.45) is 5.84 Å². The van der Waals surface area contributed by atoms with E-state index in [4.69, 9.17) is 15.3 Å². The second-order valence-electron chi connectivity index (χ2n) is 5.02. The Morgan fingerprint density at radius 3 is 2.52 bits per heavy atom. The molecule has 21 heavy (non-hydrogen) atoms. The lowest BCUT2D eigenvalue weighted by atomic mass is 9.97. The van der Waals surface area contributed by atoms with E-state index in [0.717, 1.165) is 23.5 Å². The zero-order valence-corrected chi connectivity index (χ0v) is 12.7. The molecule has 112 valence electrons. The van der Waals surface area contributed by atoms with Gasteiger partial charge in [0.15, 0.2) is 0 Å². The number of aryl methyl sites for hydroxylation is 1. The summed E-state index contributed by atoms with van der Waals surface area (Å²) in [5, 5.41) is 0. The molecule has 2 aromatic rings. The predicted octanol–water partition coefficient (Wildman–Crippen LogP) is 2.76. The second-order valence-corrected chi connectivity index (χ2v) is 5.02. The number of nitrogens with one attached hydrogen (secondary N) is 1. The van der Waals surface area contributed by atoms with E-state index in [0.29, 0.717) is 0 Å². The third-order valence-electron chi connectivity index (χ3n) is 3.54. The molecule has 0 saturated heterocycles. The molecule has 4 heteroatoms. The summed E-state index contributed by atoms with van der Waals surface area (Å²) in [4.78, 5) is 0. The Morgan fingerprint density at radius 2 is 1.90 bits per heavy atom. The highest BCUT2D eigenvalue weighted by molar-refractivity contribution is 5.43. The summed E-state index contributed by atoms with van der Waals surface area (Å²) in [5.41, 5.74) is 6.33. The van der Waals surface area contributed by atoms with Crippen molar-refractivity contribution in [3.8, 4) is 11.5 Å². The average Bonchev–Trinajstić information content (AvgIpc) is 2.52. The van der Waals surface area contributed by atoms with E-state index in [9.17, 15) is 0 Å². The van der Waals surface area contributed by atoms with Crippen LogP contribution in [0.25, 0.3) is 0 Å². The van der Waals surface area contributed by atoms with E-state index in [1.807, 2.05) is 18.2 Å². The van der Waals surface area contributed by atoms with Crippen molar-refractivity contribution in [1.29, 1.82) is 0 Å². The number of hydrazine groups is 1. The number of ether oxygens (including phenoxy) is 2. The van der Waals surface area contributed by atoms with Crippen molar-refractivity contribution in [2.75, 3.05) is 14.2 Å². The topological polar surface area (TPSA) is 56.5 Å². The van der Waals surface area contributed by atoms with Crippen LogP contribution in [0.5, 0.6) is 11.5 Å². The number of benzene rings is 2. The summed E-state index contributed by atoms with van der Waals surface area (Å²) in [6.45, 7) is 2.08. The minimum Gasteiger partial charge on any atom is -0.497 e. The Balaban J connectivity index is 2.32. The number of methoxy groups -OCH3 is 2. The molecule has 0 aliphatic carbocycles. The van der Waals surface area contributed by atoms with Crippen LogP contribution in [-0.4, -0.2) is 14.2 Å². The number of rotatable bonds is 6. The minimum atomic E-state index is -0.0446. The van der Waals surface area contributed by atoms with Gasteiger partial charge >= 0.3 is 0 Å². The zero-order valence-electron chi connectivity index (χ0n) is 12.7. The van der Waals surface area contributed by atoms with Gasteiger partial charge < -0.3 is 9.47 Å². The average molecular weight is 286 g/mol. The lowest BCUT2D eigenvalue weighted by Crippen LogP contribution is -2.30. The third kappa shape index (κ3) is 3.74. The molecular weight excluding hydrogens is 264 g/mol. The molecule has 0 spiro atoms. The van der Waals surface area contributed by atoms with E-state index < -0.39 is 0 Å². The highest BCUT2D eigenvalue weighted by Crippen LogP contribution is 2.31. The quantitative estimate of drug-likeness (QED) is 0.633. The SMILES string of the molecule is COc1ccc(OC)c(C(Cc2cccc(C)c2)NN)c1. The summed E-state index contributed by atoms with van der Waals surface area (Å²) in [6, 6.07) is 14.1. The van der Waals surface area contributed by atoms with Crippen LogP contribution in [0.15, 0.2) is 42.5 Å². The van der Waals surface area contributed by atoms with Crippen LogP contribution in [0.4, 0.5) is 0 Å². The van der Waals surface area contributed by atoms with Crippen LogP contribution in [0.2, 0.25) is 0 Å². The van der Waals surface area contributed by atoms with Crippen LogP contribution in [0, 0.1) is 6.92 Å². The smallest absolute Gasteiger partial charge is 0.123 e. The van der Waals surface area contributed by atoms with Gasteiger partial charge in [0, 0.05) is 5.56 Å². The Bertz CT molecular complexity index is 599. The molecule has 1 unspecified atom stereocenters. The van der Waals surface area contributed by atoms with Gasteiger partial charge in [-0.25, -0.2) is 0 Å². The molecule has 4 nitrogen and oxygen atoms in total. The molecule has 0 amide bonds. The van der Waals surface area contributed by atoms with Gasteiger partial charge in [0.05, 0.1) is 20.3 Å². The van der Waals surface area contributed by atoms with Crippen LogP contribution in [0.1, 0.15) is 22.7 Å². The Kier molecular flexibility index (Phi) is 5.20. The van der Waals surface area contributed by atoms with Crippen molar-refractivity contribution in [2.45, 2.75) is 19.4 Å². The highest BCUT2D eigenvalue weighted by Gasteiger charge is 2.16. The number of nitrogens with two attached hydrogens (primary N) is 1. The molecule has 2 aromatic carbocycles. The maximum atomic E-state index is 5.76. The van der Waals surface area contributed by atoms with Gasteiger partial charge in [0.2, 0.25) is 0 Å². The van der Waals surface area contributed by atoms with E-state index in [1.165, 1.54) is 11.1 Å². The predicted molar refractivity (Wildman–Crippen MR) is 84.5 cm³/mol. The van der Waals surface area contributed by atoms with Crippen LogP contribution < -0.4 is 20.7 Å². The lowest BCUT2D eigenvalue weighted by molar-refractivity contribution is 0.389. The van der Waals surface area contributed by atoms with Crippen molar-refractivity contribution in [1.82, 2.24) is 5.43 Å². The number of hydrogen-bond acceptors (Lipinski definition) is 4. The van der Waals surface area contributed by atoms with Gasteiger partial charge in [0.25, 0.3) is 0 Å². The molecule has 0 aliphatic rings. The Hall–Kier alpha value is -2.04. The first-order valence-corrected chi connectivity index (χ1v) is 6.91. The summed E-state index contributed by atoms with van der Waals surface area (Å²) in [5.74, 6) is 7.34. The zero-order chi connectivity index (χ0) is 15.2. The lowest BCUT2D eigenvalue weighted by Gasteiger charge is -2.20.